The van der Waals surface area contributed by atoms with Crippen molar-refractivity contribution in [3.8, 4) is 5.75 Å². The molecule has 0 atom stereocenters. The summed E-state index contributed by atoms with van der Waals surface area (Å²) in [5, 5.41) is 3.59. The Labute approximate surface area is 139 Å². The summed E-state index contributed by atoms with van der Waals surface area (Å²) in [6, 6.07) is 19.3. The van der Waals surface area contributed by atoms with Crippen molar-refractivity contribution in [2.45, 2.75) is 24.9 Å². The lowest BCUT2D eigenvalue weighted by molar-refractivity contribution is 0.134. The molecule has 0 aromatic heterocycles. The van der Waals surface area contributed by atoms with Crippen LogP contribution in [0.25, 0.3) is 0 Å². The van der Waals surface area contributed by atoms with Crippen molar-refractivity contribution in [2.75, 3.05) is 27.2 Å². The summed E-state index contributed by atoms with van der Waals surface area (Å²) in [5.41, 5.74) is 2.84. The SMILES string of the molecule is CNC1(c2ccc(OC)cc2)CCN(Cc2ccccc2)CC1. The summed E-state index contributed by atoms with van der Waals surface area (Å²) in [7, 11) is 3.79. The highest BCUT2D eigenvalue weighted by Crippen LogP contribution is 2.33. The van der Waals surface area contributed by atoms with Crippen LogP contribution in [0.15, 0.2) is 54.6 Å². The lowest BCUT2D eigenvalue weighted by Gasteiger charge is -2.42. The number of piperidine rings is 1. The highest BCUT2D eigenvalue weighted by atomic mass is 16.5. The smallest absolute Gasteiger partial charge is 0.118 e. The van der Waals surface area contributed by atoms with E-state index in [1.165, 1.54) is 11.1 Å². The molecule has 0 radical (unpaired) electrons. The summed E-state index contributed by atoms with van der Waals surface area (Å²) in [6.07, 6.45) is 2.26. The Morgan fingerprint density at radius 3 is 2.22 bits per heavy atom. The van der Waals surface area contributed by atoms with Gasteiger partial charge in [0.2, 0.25) is 0 Å². The predicted molar refractivity (Wildman–Crippen MR) is 94.7 cm³/mol. The van der Waals surface area contributed by atoms with Crippen LogP contribution in [0.1, 0.15) is 24.0 Å². The molecule has 0 spiro atoms. The van der Waals surface area contributed by atoms with Crippen molar-refractivity contribution in [3.63, 3.8) is 0 Å². The number of benzene rings is 2. The maximum atomic E-state index is 5.28. The normalized spacial score (nSPS) is 17.8. The van der Waals surface area contributed by atoms with Crippen LogP contribution < -0.4 is 10.1 Å². The molecule has 0 bridgehead atoms. The van der Waals surface area contributed by atoms with Gasteiger partial charge in [-0.2, -0.15) is 0 Å². The number of rotatable bonds is 5. The van der Waals surface area contributed by atoms with Crippen molar-refractivity contribution in [3.05, 3.63) is 65.7 Å². The number of nitrogens with zero attached hydrogens (tertiary/aromatic N) is 1. The van der Waals surface area contributed by atoms with Crippen LogP contribution in [-0.4, -0.2) is 32.1 Å². The van der Waals surface area contributed by atoms with Gasteiger partial charge in [0.1, 0.15) is 5.75 Å². The van der Waals surface area contributed by atoms with Crippen LogP contribution >= 0.6 is 0 Å². The minimum absolute atomic E-state index is 0.0828. The fourth-order valence-electron chi connectivity index (χ4n) is 3.53. The van der Waals surface area contributed by atoms with Gasteiger partial charge in [0.15, 0.2) is 0 Å². The van der Waals surface area contributed by atoms with E-state index in [4.69, 9.17) is 4.74 Å². The topological polar surface area (TPSA) is 24.5 Å². The molecule has 3 heteroatoms. The van der Waals surface area contributed by atoms with E-state index in [1.54, 1.807) is 7.11 Å². The van der Waals surface area contributed by atoms with Crippen molar-refractivity contribution < 1.29 is 4.74 Å². The van der Waals surface area contributed by atoms with E-state index < -0.39 is 0 Å². The third-order valence-electron chi connectivity index (χ3n) is 5.08. The molecule has 0 aliphatic carbocycles. The van der Waals surface area contributed by atoms with Gasteiger partial charge in [0, 0.05) is 25.2 Å². The first-order valence-corrected chi connectivity index (χ1v) is 8.35. The zero-order valence-electron chi connectivity index (χ0n) is 14.1. The molecule has 1 aliphatic rings. The molecular formula is C20H26N2O. The van der Waals surface area contributed by atoms with Crippen LogP contribution in [0, 0.1) is 0 Å². The van der Waals surface area contributed by atoms with Gasteiger partial charge in [-0.15, -0.1) is 0 Å². The molecule has 1 saturated heterocycles. The summed E-state index contributed by atoms with van der Waals surface area (Å²) < 4.78 is 5.28. The molecule has 2 aromatic rings. The van der Waals surface area contributed by atoms with E-state index in [1.807, 2.05) is 0 Å². The van der Waals surface area contributed by atoms with Gasteiger partial charge in [0.25, 0.3) is 0 Å². The number of ether oxygens (including phenoxy) is 1. The van der Waals surface area contributed by atoms with E-state index in [2.05, 4.69) is 71.9 Å². The minimum atomic E-state index is 0.0828. The number of nitrogens with one attached hydrogen (secondary N) is 1. The maximum Gasteiger partial charge on any atom is 0.118 e. The van der Waals surface area contributed by atoms with E-state index in [9.17, 15) is 0 Å². The van der Waals surface area contributed by atoms with E-state index in [-0.39, 0.29) is 5.54 Å². The number of methoxy groups -OCH3 is 1. The van der Waals surface area contributed by atoms with E-state index >= 15 is 0 Å². The van der Waals surface area contributed by atoms with Crippen molar-refractivity contribution >= 4 is 0 Å². The van der Waals surface area contributed by atoms with Crippen LogP contribution in [0.5, 0.6) is 5.75 Å². The standard InChI is InChI=1S/C20H26N2O/c1-21-20(18-8-10-19(23-2)11-9-18)12-14-22(15-13-20)16-17-6-4-3-5-7-17/h3-11,21H,12-16H2,1-2H3. The zero-order chi connectivity index (χ0) is 16.1. The Balaban J connectivity index is 1.67. The molecule has 1 aliphatic heterocycles. The Bertz CT molecular complexity index is 601. The summed E-state index contributed by atoms with van der Waals surface area (Å²) in [5.74, 6) is 0.918. The van der Waals surface area contributed by atoms with Crippen molar-refractivity contribution in [1.29, 1.82) is 0 Å². The highest BCUT2D eigenvalue weighted by Gasteiger charge is 2.34. The molecule has 0 unspecified atom stereocenters. The van der Waals surface area contributed by atoms with Crippen molar-refractivity contribution in [1.82, 2.24) is 10.2 Å². The third-order valence-corrected chi connectivity index (χ3v) is 5.08. The van der Waals surface area contributed by atoms with Crippen molar-refractivity contribution in [2.24, 2.45) is 0 Å². The van der Waals surface area contributed by atoms with Gasteiger partial charge >= 0.3 is 0 Å². The monoisotopic (exact) mass is 310 g/mol. The quantitative estimate of drug-likeness (QED) is 0.916. The first kappa shape index (κ1) is 16.0. The number of hydrogen-bond acceptors (Lipinski definition) is 3. The molecule has 23 heavy (non-hydrogen) atoms. The highest BCUT2D eigenvalue weighted by molar-refractivity contribution is 5.32. The Morgan fingerprint density at radius 2 is 1.65 bits per heavy atom. The first-order valence-electron chi connectivity index (χ1n) is 8.35. The number of likely N-dealkylation sites (tertiary alicyclic amines) is 1. The second kappa shape index (κ2) is 7.16. The average molecular weight is 310 g/mol. The Hall–Kier alpha value is -1.84. The largest absolute Gasteiger partial charge is 0.497 e. The van der Waals surface area contributed by atoms with Gasteiger partial charge in [0.05, 0.1) is 7.11 Å². The molecule has 1 fully saturated rings. The minimum Gasteiger partial charge on any atom is -0.497 e. The summed E-state index contributed by atoms with van der Waals surface area (Å²) in [4.78, 5) is 2.55. The van der Waals surface area contributed by atoms with Crippen LogP contribution in [0.4, 0.5) is 0 Å². The molecule has 1 heterocycles. The molecule has 0 saturated carbocycles. The third kappa shape index (κ3) is 3.57. The van der Waals surface area contributed by atoms with Crippen LogP contribution in [0.3, 0.4) is 0 Å². The van der Waals surface area contributed by atoms with Gasteiger partial charge in [-0.05, 0) is 43.1 Å². The average Bonchev–Trinajstić information content (AvgIpc) is 2.63. The first-order chi connectivity index (χ1) is 11.3. The molecule has 2 aromatic carbocycles. The lowest BCUT2D eigenvalue weighted by Crippen LogP contribution is -2.49. The summed E-state index contributed by atoms with van der Waals surface area (Å²) in [6.45, 7) is 3.27. The van der Waals surface area contributed by atoms with Crippen LogP contribution in [-0.2, 0) is 12.1 Å². The van der Waals surface area contributed by atoms with Crippen LogP contribution in [0.2, 0.25) is 0 Å². The molecule has 0 amide bonds. The predicted octanol–water partition coefficient (Wildman–Crippen LogP) is 3.41. The molecule has 3 nitrogen and oxygen atoms in total. The van der Waals surface area contributed by atoms with Gasteiger partial charge in [-0.1, -0.05) is 42.5 Å². The number of hydrogen-bond donors (Lipinski definition) is 1. The summed E-state index contributed by atoms with van der Waals surface area (Å²) >= 11 is 0. The fraction of sp³-hybridized carbons (Fsp3) is 0.400. The Morgan fingerprint density at radius 1 is 1.00 bits per heavy atom. The van der Waals surface area contributed by atoms with Gasteiger partial charge < -0.3 is 10.1 Å². The lowest BCUT2D eigenvalue weighted by atomic mass is 9.81. The molecule has 1 N–H and O–H groups in total. The fourth-order valence-corrected chi connectivity index (χ4v) is 3.53. The maximum absolute atomic E-state index is 5.28. The second-order valence-corrected chi connectivity index (χ2v) is 6.32. The van der Waals surface area contributed by atoms with Gasteiger partial charge in [-0.25, -0.2) is 0 Å². The molecular weight excluding hydrogens is 284 g/mol. The molecule has 122 valence electrons. The second-order valence-electron chi connectivity index (χ2n) is 6.32. The van der Waals surface area contributed by atoms with E-state index in [0.717, 1.165) is 38.2 Å². The zero-order valence-corrected chi connectivity index (χ0v) is 14.1. The van der Waals surface area contributed by atoms with Gasteiger partial charge in [-0.3, -0.25) is 4.90 Å². The Kier molecular flexibility index (Phi) is 4.99. The molecule has 3 rings (SSSR count). The van der Waals surface area contributed by atoms with E-state index in [0.29, 0.717) is 0 Å².